The maximum absolute atomic E-state index is 14.8. The Bertz CT molecular complexity index is 3770. The average Bonchev–Trinajstić information content (AvgIpc) is 0.851. The van der Waals surface area contributed by atoms with E-state index < -0.39 is 267 Å². The van der Waals surface area contributed by atoms with E-state index in [2.05, 4.69) is 47.9 Å². The summed E-state index contributed by atoms with van der Waals surface area (Å²) in [7, 11) is 0. The zero-order valence-electron chi connectivity index (χ0n) is 62.4. The summed E-state index contributed by atoms with van der Waals surface area (Å²) < 4.78 is 19.7. The zero-order valence-corrected chi connectivity index (χ0v) is 62.4. The highest BCUT2D eigenvalue weighted by atomic mass is 19.1. The summed E-state index contributed by atoms with van der Waals surface area (Å²) in [4.78, 5) is 272. The number of esters is 1. The van der Waals surface area contributed by atoms with Crippen molar-refractivity contribution >= 4 is 124 Å². The number of rotatable bonds is 35. The molecule has 13 atom stereocenters. The lowest BCUT2D eigenvalue weighted by Crippen LogP contribution is -2.62. The molecule has 1 aliphatic heterocycles. The van der Waals surface area contributed by atoms with Gasteiger partial charge in [0.25, 0.3) is 0 Å². The lowest BCUT2D eigenvalue weighted by Gasteiger charge is -2.30. The molecule has 0 spiro atoms. The van der Waals surface area contributed by atoms with Gasteiger partial charge in [0.05, 0.1) is 51.8 Å². The van der Waals surface area contributed by atoms with Crippen molar-refractivity contribution in [3.63, 3.8) is 0 Å². The maximum atomic E-state index is 14.8. The number of carbonyl (C=O) groups is 20. The van der Waals surface area contributed by atoms with Gasteiger partial charge in [0.15, 0.2) is 5.78 Å². The summed E-state index contributed by atoms with van der Waals surface area (Å²) >= 11 is 0. The molecule has 0 radical (unpaired) electrons. The number of amides is 14. The Kier molecular flexibility index (Phi) is 40.6. The monoisotopic (exact) mass is 1600 g/mol. The number of unbranched alkanes of at least 4 members (excludes halogenated alkanes) is 6. The van der Waals surface area contributed by atoms with E-state index in [0.29, 0.717) is 18.4 Å². The van der Waals surface area contributed by atoms with Crippen molar-refractivity contribution < 1.29 is 131 Å². The van der Waals surface area contributed by atoms with Crippen LogP contribution in [0.3, 0.4) is 0 Å². The van der Waals surface area contributed by atoms with Crippen LogP contribution in [0.15, 0.2) is 48.5 Å². The summed E-state index contributed by atoms with van der Waals surface area (Å²) in [6.07, 6.45) is -4.39. The molecule has 1 heterocycles. The number of carbonyl (C=O) groups excluding carboxylic acids is 16. The number of halogens is 1. The van der Waals surface area contributed by atoms with Gasteiger partial charge in [0.2, 0.25) is 82.7 Å². The number of nitrogens with one attached hydrogen (secondary N) is 13. The molecule has 1 fully saturated rings. The number of nitrogen functional groups attached to an aromatic ring is 1. The molecule has 14 amide bonds. The topological polar surface area (TPSA) is 686 Å². The second-order valence-corrected chi connectivity index (χ2v) is 26.5. The minimum absolute atomic E-state index is 0.0647. The van der Waals surface area contributed by atoms with Gasteiger partial charge in [-0.05, 0) is 75.4 Å². The Morgan fingerprint density at radius 1 is 0.549 bits per heavy atom. The van der Waals surface area contributed by atoms with Crippen LogP contribution in [0.2, 0.25) is 0 Å². The number of cyclic esters (lactones) is 1. The number of aliphatic carboxylic acids is 4. The Morgan fingerprint density at radius 2 is 1.07 bits per heavy atom. The number of aliphatic hydroxyl groups is 1. The average molecular weight is 1600 g/mol. The number of carboxylic acid groups (broad SMARTS) is 4. The molecule has 0 aromatic heterocycles. The maximum Gasteiger partial charge on any atom is 0.329 e. The molecular weight excluding hydrogens is 1500 g/mol. The molecule has 0 bridgehead atoms. The normalized spacial score (nSPS) is 21.3. The van der Waals surface area contributed by atoms with Crippen LogP contribution in [0.5, 0.6) is 0 Å². The van der Waals surface area contributed by atoms with Crippen molar-refractivity contribution in [2.75, 3.05) is 32.0 Å². The second-order valence-electron chi connectivity index (χ2n) is 26.5. The lowest BCUT2D eigenvalue weighted by atomic mass is 9.96. The predicted octanol–water partition coefficient (Wildman–Crippen LogP) is -5.96. The molecule has 0 unspecified atom stereocenters. The molecule has 1 aliphatic rings. The highest BCUT2D eigenvalue weighted by Gasteiger charge is 2.41. The molecule has 1 saturated heterocycles. The van der Waals surface area contributed by atoms with E-state index in [1.54, 1.807) is 0 Å². The van der Waals surface area contributed by atoms with Gasteiger partial charge in [-0.25, -0.2) is 9.18 Å². The van der Waals surface area contributed by atoms with Crippen LogP contribution >= 0.6 is 0 Å². The Labute approximate surface area is 645 Å². The highest BCUT2D eigenvalue weighted by Crippen LogP contribution is 2.19. The molecular formula is C70H99FN16O26. The first-order valence-electron chi connectivity index (χ1n) is 35.9. The van der Waals surface area contributed by atoms with E-state index in [1.807, 2.05) is 28.2 Å². The summed E-state index contributed by atoms with van der Waals surface area (Å²) in [5.74, 6) is -30.8. The van der Waals surface area contributed by atoms with Crippen LogP contribution in [0.1, 0.15) is 146 Å². The summed E-state index contributed by atoms with van der Waals surface area (Å²) in [5, 5.41) is 77.5. The highest BCUT2D eigenvalue weighted by molar-refractivity contribution is 6.05. The largest absolute Gasteiger partial charge is 0.481 e. The smallest absolute Gasteiger partial charge is 0.329 e. The van der Waals surface area contributed by atoms with Crippen LogP contribution in [-0.2, 0) is 102 Å². The lowest BCUT2D eigenvalue weighted by molar-refractivity contribution is -0.156. The molecule has 3 rings (SSSR count). The van der Waals surface area contributed by atoms with Gasteiger partial charge in [-0.2, -0.15) is 0 Å². The number of para-hydroxylation sites is 1. The van der Waals surface area contributed by atoms with Crippen molar-refractivity contribution in [1.29, 1.82) is 0 Å². The van der Waals surface area contributed by atoms with Crippen molar-refractivity contribution in [3.8, 4) is 0 Å². The summed E-state index contributed by atoms with van der Waals surface area (Å²) in [6.45, 7) is 1.03. The Balaban J connectivity index is 2.29. The van der Waals surface area contributed by atoms with Gasteiger partial charge in [-0.1, -0.05) is 76.6 Å². The third-order valence-electron chi connectivity index (χ3n) is 17.1. The van der Waals surface area contributed by atoms with E-state index >= 15 is 0 Å². The molecule has 24 N–H and O–H groups in total. The Morgan fingerprint density at radius 3 is 1.64 bits per heavy atom. The van der Waals surface area contributed by atoms with E-state index in [0.717, 1.165) is 65.0 Å². The third kappa shape index (κ3) is 34.7. The number of hydrogen-bond acceptors (Lipinski definition) is 24. The van der Waals surface area contributed by atoms with Gasteiger partial charge in [-0.15, -0.1) is 0 Å². The van der Waals surface area contributed by atoms with Crippen LogP contribution in [0, 0.1) is 11.7 Å². The number of aliphatic hydroxyl groups excluding tert-OH is 1. The van der Waals surface area contributed by atoms with Crippen molar-refractivity contribution in [2.45, 2.75) is 209 Å². The molecule has 42 nitrogen and oxygen atoms in total. The van der Waals surface area contributed by atoms with E-state index in [1.165, 1.54) is 36.4 Å². The SMILES string of the molecule is CCCCCCCCCC(=O)N[C@@H](Cc1ccc(F)cc1)C(=O)N[C@H](CC(N)=O)C(=O)N[C@@H](CC(=O)O)C(=O)N[C@@H]1C(=O)NCC(=O)N[C@@H](CCCN)C(=O)N[C@@H](CC(=O)O)C(=O)N[C@H](C)C(=O)N[C@@H](CC(=O)O)C(=O)NCC(=O)N[C@H](CO)C(=O)N[C@@H]([C@H](C)CC(=O)O)C(=O)N[C@@H](CC(=O)c2ccccc2N)C(=O)O[C@@H]1C. The number of benzene rings is 2. The van der Waals surface area contributed by atoms with Gasteiger partial charge < -0.3 is 117 Å². The zero-order chi connectivity index (χ0) is 84.8. The molecule has 2 aromatic rings. The third-order valence-corrected chi connectivity index (χ3v) is 17.1. The van der Waals surface area contributed by atoms with Crippen LogP contribution < -0.4 is 86.3 Å². The minimum atomic E-state index is -2.47. The van der Waals surface area contributed by atoms with Gasteiger partial charge in [0.1, 0.15) is 78.4 Å². The first-order chi connectivity index (χ1) is 53.3. The number of nitrogens with two attached hydrogens (primary N) is 3. The first-order valence-corrected chi connectivity index (χ1v) is 35.9. The fraction of sp³-hybridized carbons (Fsp3) is 0.543. The van der Waals surface area contributed by atoms with E-state index in [-0.39, 0.29) is 37.1 Å². The number of ether oxygens (including phenoxy) is 1. The fourth-order valence-electron chi connectivity index (χ4n) is 11.1. The van der Waals surface area contributed by atoms with Crippen LogP contribution in [-0.4, -0.2) is 243 Å². The van der Waals surface area contributed by atoms with E-state index in [4.69, 9.17) is 21.9 Å². The molecule has 0 saturated carbocycles. The van der Waals surface area contributed by atoms with Crippen molar-refractivity contribution in [1.82, 2.24) is 69.1 Å². The quantitative estimate of drug-likeness (QED) is 0.0132. The number of Topliss-reactive ketones (excluding diaryl/α,β-unsaturated/α-hetero) is 1. The fourth-order valence-corrected chi connectivity index (χ4v) is 11.1. The van der Waals surface area contributed by atoms with Crippen LogP contribution in [0.4, 0.5) is 10.1 Å². The predicted molar refractivity (Wildman–Crippen MR) is 388 cm³/mol. The van der Waals surface area contributed by atoms with Gasteiger partial charge >= 0.3 is 29.8 Å². The summed E-state index contributed by atoms with van der Waals surface area (Å²) in [5.41, 5.74) is 17.1. The van der Waals surface area contributed by atoms with E-state index in [9.17, 15) is 126 Å². The second kappa shape index (κ2) is 48.4. The standard InChI is InChI=1S/C70H99FN16O26/c1-5-6-7-8-9-10-11-18-51(91)79-42(25-37-19-21-38(71)22-20-37)64(106)82-43(27-50(74)90)65(107)84-46(30-57(100)101)66(108)87-59-36(4)113-70(112)47(26-49(89)39-15-12-13-16-40(39)73)85-69(111)58(34(2)24-54(94)95)86-67(109)48(33-88)80-53(93)31-75-61(103)44(28-55(96)97)81-60(102)35(3)77-63(105)45(29-56(98)99)83-62(104)41(17-14-23-72)78-52(92)32-76-68(59)110/h12-13,15-16,19-22,34-36,41-48,58-59,88H,5-11,14,17-18,23-33,72-73H2,1-4H3,(H2,74,90)(H,75,103)(H,76,110)(H,77,105)(H,78,92)(H,79,91)(H,80,93)(H,81,102)(H,82,106)(H,83,104)(H,84,107)(H,85,111)(H,86,109)(H,87,108)(H,94,95)(H,96,97)(H,98,99)(H,100,101)/t34-,35-,36-,41+,42+,43-,44+,45+,46+,47+,48-,58+,59+/m1/s1. The van der Waals surface area contributed by atoms with Gasteiger partial charge in [0, 0.05) is 30.5 Å². The molecule has 43 heteroatoms. The summed E-state index contributed by atoms with van der Waals surface area (Å²) in [6, 6.07) is -13.0. The first kappa shape index (κ1) is 94.9. The molecule has 113 heavy (non-hydrogen) atoms. The Hall–Kier alpha value is -12.3. The number of hydrogen-bond donors (Lipinski definition) is 21. The van der Waals surface area contributed by atoms with Crippen molar-refractivity contribution in [2.24, 2.45) is 17.4 Å². The van der Waals surface area contributed by atoms with Crippen molar-refractivity contribution in [3.05, 3.63) is 65.5 Å². The molecule has 622 valence electrons. The minimum Gasteiger partial charge on any atom is -0.481 e. The molecule has 2 aromatic carbocycles. The number of primary amides is 1. The number of ketones is 1. The van der Waals surface area contributed by atoms with Gasteiger partial charge in [-0.3, -0.25) is 91.1 Å². The molecule has 0 aliphatic carbocycles. The van der Waals surface area contributed by atoms with Crippen LogP contribution in [0.25, 0.3) is 0 Å². The number of anilines is 1. The number of carboxylic acids is 4.